The first-order valence-corrected chi connectivity index (χ1v) is 17.9. The van der Waals surface area contributed by atoms with Crippen LogP contribution in [0.5, 0.6) is 0 Å². The summed E-state index contributed by atoms with van der Waals surface area (Å²) >= 11 is 0. The van der Waals surface area contributed by atoms with Crippen molar-refractivity contribution >= 4 is 17.7 Å². The van der Waals surface area contributed by atoms with Crippen LogP contribution in [0.2, 0.25) is 0 Å². The Balaban J connectivity index is 1.19. The van der Waals surface area contributed by atoms with Gasteiger partial charge < -0.3 is 15.7 Å². The molecule has 0 radical (unpaired) electrons. The maximum Gasteiger partial charge on any atom is 0.306 e. The Kier molecular flexibility index (Phi) is 9.29. The highest BCUT2D eigenvalue weighted by Gasteiger charge is 2.38. The largest absolute Gasteiger partial charge is 0.481 e. The number of nitrogens with one attached hydrogen (secondary N) is 2. The van der Waals surface area contributed by atoms with E-state index in [1.807, 2.05) is 17.9 Å². The van der Waals surface area contributed by atoms with E-state index in [1.54, 1.807) is 0 Å². The SMILES string of the molecule is CC[C@@H](Nc1nc2c(c(N[C@@H](CN3[C@@H]4CCC[C@@H]3CC4)c3cnn(C)c3)n1)C[C@H](c1ccccc1)CC2)C1CCC(C(=O)O)CC1. The van der Waals surface area contributed by atoms with Crippen molar-refractivity contribution in [2.75, 3.05) is 17.2 Å². The Morgan fingerprint density at radius 1 is 0.978 bits per heavy atom. The average molecular weight is 626 g/mol. The molecule has 5 atom stereocenters. The van der Waals surface area contributed by atoms with Crippen molar-refractivity contribution in [3.05, 3.63) is 65.1 Å². The minimum absolute atomic E-state index is 0.0760. The number of benzene rings is 1. The minimum atomic E-state index is -0.650. The molecule has 2 saturated heterocycles. The number of hydrogen-bond acceptors (Lipinski definition) is 7. The Morgan fingerprint density at radius 3 is 2.41 bits per heavy atom. The number of carboxylic acid groups (broad SMARTS) is 1. The maximum absolute atomic E-state index is 11.6. The Bertz CT molecular complexity index is 1470. The topological polar surface area (TPSA) is 108 Å². The van der Waals surface area contributed by atoms with E-state index in [-0.39, 0.29) is 18.0 Å². The second-order valence-electron chi connectivity index (χ2n) is 14.4. The van der Waals surface area contributed by atoms with Gasteiger partial charge in [-0.2, -0.15) is 10.1 Å². The number of rotatable bonds is 11. The van der Waals surface area contributed by atoms with Crippen molar-refractivity contribution in [3.8, 4) is 0 Å². The molecule has 4 aliphatic rings. The van der Waals surface area contributed by atoms with Gasteiger partial charge >= 0.3 is 5.97 Å². The lowest BCUT2D eigenvalue weighted by Crippen LogP contribution is -2.43. The molecular formula is C37H51N7O2. The van der Waals surface area contributed by atoms with E-state index in [9.17, 15) is 9.90 Å². The van der Waals surface area contributed by atoms with E-state index in [0.717, 1.165) is 69.4 Å². The monoisotopic (exact) mass is 625 g/mol. The Hall–Kier alpha value is -3.46. The van der Waals surface area contributed by atoms with Crippen LogP contribution in [0.1, 0.15) is 112 Å². The summed E-state index contributed by atoms with van der Waals surface area (Å²) in [6.45, 7) is 3.17. The van der Waals surface area contributed by atoms with Crippen LogP contribution < -0.4 is 10.6 Å². The van der Waals surface area contributed by atoms with Crippen molar-refractivity contribution < 1.29 is 9.90 Å². The highest BCUT2D eigenvalue weighted by atomic mass is 16.4. The molecule has 0 amide bonds. The van der Waals surface area contributed by atoms with E-state index in [4.69, 9.17) is 9.97 Å². The third-order valence-electron chi connectivity index (χ3n) is 11.7. The molecule has 1 aromatic carbocycles. The molecule has 3 N–H and O–H groups in total. The molecule has 3 fully saturated rings. The Morgan fingerprint density at radius 2 is 1.74 bits per heavy atom. The Labute approximate surface area is 273 Å². The molecule has 0 unspecified atom stereocenters. The van der Waals surface area contributed by atoms with E-state index in [1.165, 1.54) is 48.8 Å². The molecule has 9 nitrogen and oxygen atoms in total. The molecule has 2 bridgehead atoms. The quantitative estimate of drug-likeness (QED) is 0.215. The van der Waals surface area contributed by atoms with Gasteiger partial charge in [-0.25, -0.2) is 4.98 Å². The molecule has 46 heavy (non-hydrogen) atoms. The number of anilines is 2. The molecule has 2 aromatic heterocycles. The van der Waals surface area contributed by atoms with Crippen LogP contribution in [0.25, 0.3) is 0 Å². The molecule has 0 spiro atoms. The van der Waals surface area contributed by atoms with Crippen LogP contribution in [-0.4, -0.2) is 60.4 Å². The lowest BCUT2D eigenvalue weighted by Gasteiger charge is -2.37. The summed E-state index contributed by atoms with van der Waals surface area (Å²) in [6.07, 6.45) is 18.0. The van der Waals surface area contributed by atoms with Crippen LogP contribution in [-0.2, 0) is 24.7 Å². The van der Waals surface area contributed by atoms with Crippen molar-refractivity contribution in [1.29, 1.82) is 0 Å². The van der Waals surface area contributed by atoms with Crippen molar-refractivity contribution in [1.82, 2.24) is 24.6 Å². The summed E-state index contributed by atoms with van der Waals surface area (Å²) < 4.78 is 1.91. The molecule has 7 rings (SSSR count). The van der Waals surface area contributed by atoms with E-state index in [0.29, 0.717) is 29.9 Å². The van der Waals surface area contributed by atoms with Crippen LogP contribution in [0.4, 0.5) is 11.8 Å². The standard InChI is InChI=1S/C37H51N7O2/c1-3-32(25-12-14-26(15-13-25)36(45)46)40-37-41-33-19-16-27(24-8-5-4-6-9-24)20-31(33)35(42-37)39-34(28-21-38-43(2)22-28)23-44-29-10-7-11-30(44)18-17-29/h4-6,8-9,21-22,25-27,29-30,32,34H,3,7,10-20,23H2,1-2H3,(H,45,46)(H2,39,40,41,42)/t25?,26?,27-,29-,30-,32-,34+/m1/s1. The summed E-state index contributed by atoms with van der Waals surface area (Å²) in [5.74, 6) is 1.67. The second kappa shape index (κ2) is 13.7. The van der Waals surface area contributed by atoms with Gasteiger partial charge in [0.25, 0.3) is 0 Å². The number of piperidine rings is 1. The second-order valence-corrected chi connectivity index (χ2v) is 14.4. The fourth-order valence-electron chi connectivity index (χ4n) is 9.04. The van der Waals surface area contributed by atoms with E-state index in [2.05, 4.69) is 64.1 Å². The van der Waals surface area contributed by atoms with E-state index < -0.39 is 5.97 Å². The van der Waals surface area contributed by atoms with Gasteiger partial charge in [0.1, 0.15) is 5.82 Å². The smallest absolute Gasteiger partial charge is 0.306 e. The number of aliphatic carboxylic acids is 1. The van der Waals surface area contributed by atoms with Crippen LogP contribution in [0.3, 0.4) is 0 Å². The molecule has 9 heteroatoms. The van der Waals surface area contributed by atoms with Gasteiger partial charge in [0.2, 0.25) is 5.95 Å². The molecule has 2 aliphatic carbocycles. The number of carboxylic acids is 1. The summed E-state index contributed by atoms with van der Waals surface area (Å²) in [7, 11) is 2.00. The number of nitrogens with zero attached hydrogens (tertiary/aromatic N) is 5. The van der Waals surface area contributed by atoms with Gasteiger partial charge in [0.05, 0.1) is 23.9 Å². The summed E-state index contributed by atoms with van der Waals surface area (Å²) in [5, 5.41) is 21.9. The van der Waals surface area contributed by atoms with Gasteiger partial charge in [-0.1, -0.05) is 43.7 Å². The maximum atomic E-state index is 11.6. The summed E-state index contributed by atoms with van der Waals surface area (Å²) in [5.41, 5.74) is 4.99. The van der Waals surface area contributed by atoms with Gasteiger partial charge in [-0.05, 0) is 94.4 Å². The third-order valence-corrected chi connectivity index (χ3v) is 11.7. The molecule has 2 aliphatic heterocycles. The fourth-order valence-corrected chi connectivity index (χ4v) is 9.04. The first-order valence-electron chi connectivity index (χ1n) is 17.9. The van der Waals surface area contributed by atoms with Crippen molar-refractivity contribution in [3.63, 3.8) is 0 Å². The predicted octanol–water partition coefficient (Wildman–Crippen LogP) is 6.73. The zero-order valence-corrected chi connectivity index (χ0v) is 27.6. The van der Waals surface area contributed by atoms with Gasteiger partial charge in [0, 0.05) is 49.0 Å². The lowest BCUT2D eigenvalue weighted by atomic mass is 9.78. The number of carbonyl (C=O) groups is 1. The van der Waals surface area contributed by atoms with Crippen molar-refractivity contribution in [2.24, 2.45) is 18.9 Å². The van der Waals surface area contributed by atoms with Crippen molar-refractivity contribution in [2.45, 2.75) is 120 Å². The van der Waals surface area contributed by atoms with Gasteiger partial charge in [-0.3, -0.25) is 14.4 Å². The summed E-state index contributed by atoms with van der Waals surface area (Å²) in [4.78, 5) is 24.8. The van der Waals surface area contributed by atoms with Crippen LogP contribution in [0, 0.1) is 11.8 Å². The molecule has 1 saturated carbocycles. The zero-order valence-electron chi connectivity index (χ0n) is 27.6. The predicted molar refractivity (Wildman–Crippen MR) is 181 cm³/mol. The normalized spacial score (nSPS) is 27.5. The highest BCUT2D eigenvalue weighted by Crippen LogP contribution is 2.40. The number of fused-ring (bicyclic) bond motifs is 3. The molecular weight excluding hydrogens is 574 g/mol. The van der Waals surface area contributed by atoms with Gasteiger partial charge in [0.15, 0.2) is 0 Å². The van der Waals surface area contributed by atoms with Gasteiger partial charge in [-0.15, -0.1) is 0 Å². The zero-order chi connectivity index (χ0) is 31.6. The first kappa shape index (κ1) is 31.2. The van der Waals surface area contributed by atoms with E-state index >= 15 is 0 Å². The number of aryl methyl sites for hydroxylation is 2. The first-order chi connectivity index (χ1) is 22.4. The molecule has 4 heterocycles. The molecule has 3 aromatic rings. The molecule has 246 valence electrons. The lowest BCUT2D eigenvalue weighted by molar-refractivity contribution is -0.143. The highest BCUT2D eigenvalue weighted by molar-refractivity contribution is 5.70. The number of hydrogen-bond donors (Lipinski definition) is 3. The van der Waals surface area contributed by atoms with Crippen LogP contribution >= 0.6 is 0 Å². The summed E-state index contributed by atoms with van der Waals surface area (Å²) in [6, 6.07) is 12.6. The van der Waals surface area contributed by atoms with Crippen LogP contribution in [0.15, 0.2) is 42.7 Å². The minimum Gasteiger partial charge on any atom is -0.481 e. The number of aromatic nitrogens is 4. The third kappa shape index (κ3) is 6.66. The average Bonchev–Trinajstić information content (AvgIpc) is 3.60. The fraction of sp³-hybridized carbons (Fsp3) is 0.622.